The molecule has 0 fully saturated rings. The van der Waals surface area contributed by atoms with Gasteiger partial charge in [-0.3, -0.25) is 9.69 Å². The van der Waals surface area contributed by atoms with Gasteiger partial charge in [-0.05, 0) is 27.7 Å². The van der Waals surface area contributed by atoms with Crippen LogP contribution in [0.15, 0.2) is 0 Å². The molecule has 78 valence electrons. The predicted molar refractivity (Wildman–Crippen MR) is 53.6 cm³/mol. The lowest BCUT2D eigenvalue weighted by molar-refractivity contribution is -0.141. The fourth-order valence-electron chi connectivity index (χ4n) is 1.44. The van der Waals surface area contributed by atoms with Gasteiger partial charge in [-0.1, -0.05) is 0 Å². The Hall–Kier alpha value is -0.570. The number of carbonyl (C=O) groups is 1. The average Bonchev–Trinajstić information content (AvgIpc) is 2.03. The van der Waals surface area contributed by atoms with Crippen molar-refractivity contribution in [3.8, 4) is 0 Å². The molecule has 3 nitrogen and oxygen atoms in total. The van der Waals surface area contributed by atoms with Gasteiger partial charge in [0, 0.05) is 18.6 Å². The number of methoxy groups -OCH3 is 1. The van der Waals surface area contributed by atoms with Crippen LogP contribution in [0.4, 0.5) is 0 Å². The Morgan fingerprint density at radius 3 is 2.00 bits per heavy atom. The second kappa shape index (κ2) is 5.97. The number of rotatable bonds is 5. The molecule has 0 saturated heterocycles. The lowest BCUT2D eigenvalue weighted by atomic mass is 10.2. The molecule has 0 amide bonds. The van der Waals surface area contributed by atoms with E-state index in [0.717, 1.165) is 6.54 Å². The number of carbonyl (C=O) groups excluding carboxylic acids is 1. The molecule has 0 rings (SSSR count). The molecule has 0 N–H and O–H groups in total. The summed E-state index contributed by atoms with van der Waals surface area (Å²) in [6.07, 6.45) is 0.479. The summed E-state index contributed by atoms with van der Waals surface area (Å²) in [5.74, 6) is -0.133. The van der Waals surface area contributed by atoms with Crippen molar-refractivity contribution in [1.82, 2.24) is 4.90 Å². The Balaban J connectivity index is 3.90. The van der Waals surface area contributed by atoms with E-state index in [1.54, 1.807) is 0 Å². The highest BCUT2D eigenvalue weighted by molar-refractivity contribution is 5.69. The summed E-state index contributed by atoms with van der Waals surface area (Å²) < 4.78 is 4.59. The third kappa shape index (κ3) is 4.88. The average molecular weight is 187 g/mol. The maximum absolute atomic E-state index is 10.9. The Kier molecular flexibility index (Phi) is 5.71. The quantitative estimate of drug-likeness (QED) is 0.613. The number of ether oxygens (including phenoxy) is 1. The summed E-state index contributed by atoms with van der Waals surface area (Å²) in [5, 5.41) is 0. The van der Waals surface area contributed by atoms with E-state index in [-0.39, 0.29) is 5.97 Å². The van der Waals surface area contributed by atoms with Crippen LogP contribution < -0.4 is 0 Å². The van der Waals surface area contributed by atoms with Crippen LogP contribution in [0.5, 0.6) is 0 Å². The van der Waals surface area contributed by atoms with E-state index in [9.17, 15) is 4.79 Å². The molecule has 0 radical (unpaired) electrons. The maximum atomic E-state index is 10.9. The zero-order chi connectivity index (χ0) is 10.4. The van der Waals surface area contributed by atoms with Crippen LogP contribution in [0.3, 0.4) is 0 Å². The molecule has 0 spiro atoms. The highest BCUT2D eigenvalue weighted by Gasteiger charge is 2.14. The van der Waals surface area contributed by atoms with Gasteiger partial charge < -0.3 is 4.74 Å². The van der Waals surface area contributed by atoms with Crippen LogP contribution in [0.2, 0.25) is 0 Å². The smallest absolute Gasteiger partial charge is 0.306 e. The summed E-state index contributed by atoms with van der Waals surface area (Å²) >= 11 is 0. The summed E-state index contributed by atoms with van der Waals surface area (Å²) in [7, 11) is 1.43. The fourth-order valence-corrected chi connectivity index (χ4v) is 1.44. The highest BCUT2D eigenvalue weighted by atomic mass is 16.5. The third-order valence-corrected chi connectivity index (χ3v) is 2.13. The van der Waals surface area contributed by atoms with Crippen molar-refractivity contribution >= 4 is 5.97 Å². The van der Waals surface area contributed by atoms with Crippen LogP contribution in [0.25, 0.3) is 0 Å². The van der Waals surface area contributed by atoms with E-state index in [2.05, 4.69) is 37.3 Å². The molecule has 0 aromatic carbocycles. The van der Waals surface area contributed by atoms with Crippen molar-refractivity contribution in [2.45, 2.75) is 46.2 Å². The summed E-state index contributed by atoms with van der Waals surface area (Å²) in [6, 6.07) is 0.953. The fraction of sp³-hybridized carbons (Fsp3) is 0.900. The van der Waals surface area contributed by atoms with Crippen molar-refractivity contribution in [3.63, 3.8) is 0 Å². The van der Waals surface area contributed by atoms with Crippen molar-refractivity contribution in [2.24, 2.45) is 0 Å². The largest absolute Gasteiger partial charge is 0.469 e. The minimum Gasteiger partial charge on any atom is -0.469 e. The van der Waals surface area contributed by atoms with E-state index in [4.69, 9.17) is 0 Å². The molecule has 0 aliphatic rings. The van der Waals surface area contributed by atoms with Gasteiger partial charge in [0.2, 0.25) is 0 Å². The molecule has 3 heteroatoms. The van der Waals surface area contributed by atoms with E-state index >= 15 is 0 Å². The Labute approximate surface area is 81.1 Å². The molecule has 0 saturated carbocycles. The minimum atomic E-state index is -0.133. The van der Waals surface area contributed by atoms with Crippen LogP contribution in [-0.4, -0.2) is 36.6 Å². The Morgan fingerprint density at radius 2 is 1.69 bits per heavy atom. The summed E-state index contributed by atoms with van der Waals surface area (Å²) in [4.78, 5) is 13.2. The van der Waals surface area contributed by atoms with E-state index in [0.29, 0.717) is 18.5 Å². The van der Waals surface area contributed by atoms with E-state index < -0.39 is 0 Å². The molecule has 0 heterocycles. The zero-order valence-corrected chi connectivity index (χ0v) is 9.33. The molecule has 0 unspecified atom stereocenters. The molecule has 0 aromatic rings. The van der Waals surface area contributed by atoms with E-state index in [1.165, 1.54) is 7.11 Å². The van der Waals surface area contributed by atoms with Gasteiger partial charge in [0.15, 0.2) is 0 Å². The first-order valence-electron chi connectivity index (χ1n) is 4.81. The standard InChI is InChI=1S/C10H21NO2/c1-8(2)11(9(3)4)7-6-10(12)13-5/h8-9H,6-7H2,1-5H3. The number of nitrogens with zero attached hydrogens (tertiary/aromatic N) is 1. The first-order valence-corrected chi connectivity index (χ1v) is 4.81. The molecule has 0 bridgehead atoms. The predicted octanol–water partition coefficient (Wildman–Crippen LogP) is 1.67. The van der Waals surface area contributed by atoms with Crippen LogP contribution >= 0.6 is 0 Å². The van der Waals surface area contributed by atoms with Gasteiger partial charge in [0.05, 0.1) is 13.5 Å². The van der Waals surface area contributed by atoms with Gasteiger partial charge in [-0.15, -0.1) is 0 Å². The van der Waals surface area contributed by atoms with Gasteiger partial charge in [0.1, 0.15) is 0 Å². The molecule has 0 atom stereocenters. The van der Waals surface area contributed by atoms with Crippen molar-refractivity contribution in [2.75, 3.05) is 13.7 Å². The van der Waals surface area contributed by atoms with Gasteiger partial charge in [-0.25, -0.2) is 0 Å². The van der Waals surface area contributed by atoms with Crippen LogP contribution in [-0.2, 0) is 9.53 Å². The van der Waals surface area contributed by atoms with Gasteiger partial charge >= 0.3 is 5.97 Å². The topological polar surface area (TPSA) is 29.5 Å². The van der Waals surface area contributed by atoms with Crippen LogP contribution in [0.1, 0.15) is 34.1 Å². The summed E-state index contributed by atoms with van der Waals surface area (Å²) in [6.45, 7) is 9.32. The lowest BCUT2D eigenvalue weighted by Gasteiger charge is -2.29. The van der Waals surface area contributed by atoms with Crippen molar-refractivity contribution in [1.29, 1.82) is 0 Å². The first-order chi connectivity index (χ1) is 5.99. The SMILES string of the molecule is COC(=O)CCN(C(C)C)C(C)C. The van der Waals surface area contributed by atoms with Crippen LogP contribution in [0, 0.1) is 0 Å². The molecular formula is C10H21NO2. The minimum absolute atomic E-state index is 0.133. The van der Waals surface area contributed by atoms with Gasteiger partial charge in [-0.2, -0.15) is 0 Å². The summed E-state index contributed by atoms with van der Waals surface area (Å²) in [5.41, 5.74) is 0. The molecule has 0 aliphatic heterocycles. The lowest BCUT2D eigenvalue weighted by Crippen LogP contribution is -2.38. The number of esters is 1. The third-order valence-electron chi connectivity index (χ3n) is 2.13. The zero-order valence-electron chi connectivity index (χ0n) is 9.33. The molecular weight excluding hydrogens is 166 g/mol. The maximum Gasteiger partial charge on any atom is 0.306 e. The van der Waals surface area contributed by atoms with Gasteiger partial charge in [0.25, 0.3) is 0 Å². The molecule has 13 heavy (non-hydrogen) atoms. The van der Waals surface area contributed by atoms with E-state index in [1.807, 2.05) is 0 Å². The Bertz CT molecular complexity index is 147. The normalized spacial score (nSPS) is 11.4. The monoisotopic (exact) mass is 187 g/mol. The first kappa shape index (κ1) is 12.4. The number of hydrogen-bond acceptors (Lipinski definition) is 3. The highest BCUT2D eigenvalue weighted by Crippen LogP contribution is 2.05. The number of hydrogen-bond donors (Lipinski definition) is 0. The van der Waals surface area contributed by atoms with Crippen molar-refractivity contribution in [3.05, 3.63) is 0 Å². The second-order valence-corrected chi connectivity index (χ2v) is 3.75. The Morgan fingerprint density at radius 1 is 1.23 bits per heavy atom. The van der Waals surface area contributed by atoms with Crippen molar-refractivity contribution < 1.29 is 9.53 Å². The molecule has 0 aromatic heterocycles. The molecule has 0 aliphatic carbocycles. The second-order valence-electron chi connectivity index (χ2n) is 3.75.